The van der Waals surface area contributed by atoms with Crippen LogP contribution in [0.4, 0.5) is 8.78 Å². The second-order valence-electron chi connectivity index (χ2n) is 8.66. The number of halogens is 3. The summed E-state index contributed by atoms with van der Waals surface area (Å²) < 4.78 is 28.8. The number of unbranched alkanes of at least 4 members (excludes halogenated alkanes) is 1. The van der Waals surface area contributed by atoms with Crippen molar-refractivity contribution in [2.75, 3.05) is 12.3 Å². The summed E-state index contributed by atoms with van der Waals surface area (Å²) in [7, 11) is 0. The van der Waals surface area contributed by atoms with Gasteiger partial charge in [0, 0.05) is 41.4 Å². The SMILES string of the molecule is CCCCNC(=O)[C@@H](Cc1ccccc1)N(Cc1ccccc1F)C(=O)CSCc1c(F)cccc1Cl. The molecule has 3 rings (SSSR count). The van der Waals surface area contributed by atoms with Gasteiger partial charge in [0.25, 0.3) is 0 Å². The first-order chi connectivity index (χ1) is 17.9. The standard InChI is InChI=1S/C29H31ClF2N2O2S/c1-2-3-16-33-29(36)27(17-21-10-5-4-6-11-21)34(18-22-12-7-8-14-25(22)31)28(35)20-37-19-23-24(30)13-9-15-26(23)32/h4-15,27H,2-3,16-20H2,1H3,(H,33,36)/t27-/m1/s1. The van der Waals surface area contributed by atoms with Crippen molar-refractivity contribution in [2.24, 2.45) is 0 Å². The van der Waals surface area contributed by atoms with E-state index in [4.69, 9.17) is 11.6 Å². The molecule has 0 aliphatic carbocycles. The normalized spacial score (nSPS) is 11.7. The van der Waals surface area contributed by atoms with Crippen LogP contribution >= 0.6 is 23.4 Å². The van der Waals surface area contributed by atoms with E-state index in [0.29, 0.717) is 22.7 Å². The lowest BCUT2D eigenvalue weighted by atomic mass is 10.0. The van der Waals surface area contributed by atoms with Crippen LogP contribution in [-0.4, -0.2) is 35.1 Å². The third-order valence-electron chi connectivity index (χ3n) is 5.93. The Labute approximate surface area is 226 Å². The lowest BCUT2D eigenvalue weighted by Crippen LogP contribution is -2.51. The molecule has 3 aromatic carbocycles. The van der Waals surface area contributed by atoms with E-state index in [9.17, 15) is 18.4 Å². The van der Waals surface area contributed by atoms with Crippen molar-refractivity contribution in [2.45, 2.75) is 44.5 Å². The number of nitrogens with one attached hydrogen (secondary N) is 1. The summed E-state index contributed by atoms with van der Waals surface area (Å²) in [5.41, 5.74) is 1.52. The van der Waals surface area contributed by atoms with Crippen LogP contribution in [0.25, 0.3) is 0 Å². The molecule has 0 unspecified atom stereocenters. The summed E-state index contributed by atoms with van der Waals surface area (Å²) in [6.45, 7) is 2.45. The minimum atomic E-state index is -0.844. The number of hydrogen-bond donors (Lipinski definition) is 1. The van der Waals surface area contributed by atoms with Gasteiger partial charge in [-0.3, -0.25) is 9.59 Å². The van der Waals surface area contributed by atoms with Gasteiger partial charge in [-0.05, 0) is 30.2 Å². The molecule has 0 fully saturated rings. The highest BCUT2D eigenvalue weighted by molar-refractivity contribution is 7.99. The molecule has 0 saturated heterocycles. The zero-order chi connectivity index (χ0) is 26.6. The predicted molar refractivity (Wildman–Crippen MR) is 146 cm³/mol. The van der Waals surface area contributed by atoms with E-state index >= 15 is 0 Å². The molecule has 1 atom stereocenters. The van der Waals surface area contributed by atoms with Crippen LogP contribution in [-0.2, 0) is 28.3 Å². The first-order valence-corrected chi connectivity index (χ1v) is 13.8. The summed E-state index contributed by atoms with van der Waals surface area (Å²) in [5, 5.41) is 3.23. The first-order valence-electron chi connectivity index (χ1n) is 12.3. The molecule has 0 aromatic heterocycles. The molecule has 2 amide bonds. The van der Waals surface area contributed by atoms with Gasteiger partial charge in [0.05, 0.1) is 5.75 Å². The van der Waals surface area contributed by atoms with E-state index < -0.39 is 17.7 Å². The highest BCUT2D eigenvalue weighted by Gasteiger charge is 2.30. The molecule has 37 heavy (non-hydrogen) atoms. The van der Waals surface area contributed by atoms with Crippen molar-refractivity contribution in [3.63, 3.8) is 0 Å². The Bertz CT molecular complexity index is 1160. The molecule has 3 aromatic rings. The minimum Gasteiger partial charge on any atom is -0.354 e. The maximum absolute atomic E-state index is 14.6. The smallest absolute Gasteiger partial charge is 0.243 e. The quantitative estimate of drug-likeness (QED) is 0.253. The Hall–Kier alpha value is -2.90. The second-order valence-corrected chi connectivity index (χ2v) is 10.0. The topological polar surface area (TPSA) is 49.4 Å². The maximum atomic E-state index is 14.6. The first kappa shape index (κ1) is 28.7. The highest BCUT2D eigenvalue weighted by Crippen LogP contribution is 2.25. The lowest BCUT2D eigenvalue weighted by Gasteiger charge is -2.31. The van der Waals surface area contributed by atoms with Crippen molar-refractivity contribution in [3.8, 4) is 0 Å². The molecule has 0 saturated carbocycles. The Morgan fingerprint density at radius 1 is 0.973 bits per heavy atom. The largest absolute Gasteiger partial charge is 0.354 e. The monoisotopic (exact) mass is 544 g/mol. The van der Waals surface area contributed by atoms with E-state index in [1.165, 1.54) is 34.9 Å². The summed E-state index contributed by atoms with van der Waals surface area (Å²) in [4.78, 5) is 28.3. The van der Waals surface area contributed by atoms with Crippen LogP contribution in [0.2, 0.25) is 5.02 Å². The van der Waals surface area contributed by atoms with Crippen LogP contribution in [0.1, 0.15) is 36.5 Å². The highest BCUT2D eigenvalue weighted by atomic mass is 35.5. The van der Waals surface area contributed by atoms with Gasteiger partial charge < -0.3 is 10.2 Å². The molecular weight excluding hydrogens is 514 g/mol. The molecule has 1 N–H and O–H groups in total. The van der Waals surface area contributed by atoms with Crippen molar-refractivity contribution in [1.29, 1.82) is 0 Å². The third-order valence-corrected chi connectivity index (χ3v) is 7.23. The minimum absolute atomic E-state index is 0.0212. The van der Waals surface area contributed by atoms with E-state index in [-0.39, 0.29) is 36.3 Å². The van der Waals surface area contributed by atoms with Crippen molar-refractivity contribution in [3.05, 3.63) is 106 Å². The average Bonchev–Trinajstić information content (AvgIpc) is 2.89. The van der Waals surface area contributed by atoms with E-state index in [1.54, 1.807) is 24.3 Å². The van der Waals surface area contributed by atoms with Crippen LogP contribution in [0.5, 0.6) is 0 Å². The van der Waals surface area contributed by atoms with Gasteiger partial charge in [-0.2, -0.15) is 0 Å². The van der Waals surface area contributed by atoms with Gasteiger partial charge in [-0.1, -0.05) is 79.5 Å². The molecule has 196 valence electrons. The fourth-order valence-electron chi connectivity index (χ4n) is 3.86. The van der Waals surface area contributed by atoms with E-state index in [1.807, 2.05) is 37.3 Å². The van der Waals surface area contributed by atoms with Crippen molar-refractivity contribution in [1.82, 2.24) is 10.2 Å². The van der Waals surface area contributed by atoms with Gasteiger partial charge in [0.2, 0.25) is 11.8 Å². The van der Waals surface area contributed by atoms with Gasteiger partial charge >= 0.3 is 0 Å². The molecule has 0 heterocycles. The molecule has 0 aliphatic heterocycles. The van der Waals surface area contributed by atoms with E-state index in [0.717, 1.165) is 18.4 Å². The Morgan fingerprint density at radius 2 is 1.68 bits per heavy atom. The number of amides is 2. The fraction of sp³-hybridized carbons (Fsp3) is 0.310. The van der Waals surface area contributed by atoms with Gasteiger partial charge in [-0.15, -0.1) is 11.8 Å². The van der Waals surface area contributed by atoms with Crippen LogP contribution in [0.15, 0.2) is 72.8 Å². The molecule has 8 heteroatoms. The summed E-state index contributed by atoms with van der Waals surface area (Å²) >= 11 is 7.33. The number of carbonyl (C=O) groups is 2. The number of thioether (sulfide) groups is 1. The Morgan fingerprint density at radius 3 is 2.38 bits per heavy atom. The van der Waals surface area contributed by atoms with Crippen LogP contribution in [0, 0.1) is 11.6 Å². The van der Waals surface area contributed by atoms with Crippen molar-refractivity contribution >= 4 is 35.2 Å². The van der Waals surface area contributed by atoms with Gasteiger partial charge in [0.1, 0.15) is 17.7 Å². The lowest BCUT2D eigenvalue weighted by molar-refractivity contribution is -0.139. The fourth-order valence-corrected chi connectivity index (χ4v) is 5.11. The summed E-state index contributed by atoms with van der Waals surface area (Å²) in [6.07, 6.45) is 2.00. The van der Waals surface area contributed by atoms with Crippen LogP contribution < -0.4 is 5.32 Å². The zero-order valence-electron chi connectivity index (χ0n) is 20.8. The predicted octanol–water partition coefficient (Wildman–Crippen LogP) is 6.41. The Balaban J connectivity index is 1.86. The number of nitrogens with zero attached hydrogens (tertiary/aromatic N) is 1. The summed E-state index contributed by atoms with van der Waals surface area (Å²) in [6, 6.07) is 19.2. The number of hydrogen-bond acceptors (Lipinski definition) is 3. The maximum Gasteiger partial charge on any atom is 0.243 e. The summed E-state index contributed by atoms with van der Waals surface area (Å²) in [5.74, 6) is -1.34. The molecule has 0 spiro atoms. The number of benzene rings is 3. The third kappa shape index (κ3) is 8.58. The van der Waals surface area contributed by atoms with Gasteiger partial charge in [0.15, 0.2) is 0 Å². The van der Waals surface area contributed by atoms with Gasteiger partial charge in [-0.25, -0.2) is 8.78 Å². The molecule has 0 radical (unpaired) electrons. The van der Waals surface area contributed by atoms with Crippen molar-refractivity contribution < 1.29 is 18.4 Å². The molecule has 0 bridgehead atoms. The molecule has 4 nitrogen and oxygen atoms in total. The van der Waals surface area contributed by atoms with Crippen LogP contribution in [0.3, 0.4) is 0 Å². The zero-order valence-corrected chi connectivity index (χ0v) is 22.3. The average molecular weight is 545 g/mol. The Kier molecular flexibility index (Phi) is 11.4. The second kappa shape index (κ2) is 14.7. The number of rotatable bonds is 13. The number of carbonyl (C=O) groups excluding carboxylic acids is 2. The van der Waals surface area contributed by atoms with E-state index in [2.05, 4.69) is 5.32 Å². The molecule has 0 aliphatic rings. The molecular formula is C29H31ClF2N2O2S.